The summed E-state index contributed by atoms with van der Waals surface area (Å²) in [7, 11) is 1.68. The first-order chi connectivity index (χ1) is 10.7. The van der Waals surface area contributed by atoms with Gasteiger partial charge in [-0.15, -0.1) is 0 Å². The van der Waals surface area contributed by atoms with Crippen molar-refractivity contribution in [3.05, 3.63) is 29.1 Å². The van der Waals surface area contributed by atoms with Crippen LogP contribution in [0.1, 0.15) is 23.2 Å². The third kappa shape index (κ3) is 3.09. The molecule has 0 bridgehead atoms. The summed E-state index contributed by atoms with van der Waals surface area (Å²) in [5, 5.41) is 25.2. The number of hydrogen-bond donors (Lipinski definition) is 0. The Morgan fingerprint density at radius 1 is 1.59 bits per heavy atom. The molecule has 0 unspecified atom stereocenters. The summed E-state index contributed by atoms with van der Waals surface area (Å²) in [6.07, 6.45) is 4.48. The van der Waals surface area contributed by atoms with E-state index in [2.05, 4.69) is 21.3 Å². The molecule has 2 aromatic heterocycles. The number of nitrogens with zero attached hydrogens (tertiary/aromatic N) is 5. The molecule has 1 aliphatic carbocycles. The molecular formula is C14H13N5O2S. The van der Waals surface area contributed by atoms with Crippen LogP contribution in [0.4, 0.5) is 5.88 Å². The fraction of sp³-hybridized carbons (Fsp3) is 0.357. The van der Waals surface area contributed by atoms with Gasteiger partial charge >= 0.3 is 5.88 Å². The average molecular weight is 315 g/mol. The van der Waals surface area contributed by atoms with Crippen molar-refractivity contribution in [2.45, 2.75) is 24.3 Å². The highest BCUT2D eigenvalue weighted by atomic mass is 32.2. The van der Waals surface area contributed by atoms with Gasteiger partial charge in [-0.3, -0.25) is 4.52 Å². The minimum atomic E-state index is -0.354. The van der Waals surface area contributed by atoms with E-state index < -0.39 is 0 Å². The van der Waals surface area contributed by atoms with E-state index in [4.69, 9.17) is 4.52 Å². The lowest BCUT2D eigenvalue weighted by Gasteiger charge is -2.10. The largest absolute Gasteiger partial charge is 0.861 e. The first kappa shape index (κ1) is 14.5. The molecule has 0 atom stereocenters. The van der Waals surface area contributed by atoms with Crippen LogP contribution < -0.4 is 9.79 Å². The van der Waals surface area contributed by atoms with E-state index in [1.807, 2.05) is 6.07 Å². The highest BCUT2D eigenvalue weighted by molar-refractivity contribution is 7.99. The molecule has 3 rings (SSSR count). The highest BCUT2D eigenvalue weighted by Crippen LogP contribution is 2.27. The van der Waals surface area contributed by atoms with Gasteiger partial charge in [-0.05, 0) is 36.8 Å². The van der Waals surface area contributed by atoms with Gasteiger partial charge < -0.3 is 5.11 Å². The molecular weight excluding hydrogens is 302 g/mol. The monoisotopic (exact) mass is 315 g/mol. The fourth-order valence-electron chi connectivity index (χ4n) is 2.29. The van der Waals surface area contributed by atoms with E-state index in [0.717, 1.165) is 30.5 Å². The van der Waals surface area contributed by atoms with Crippen LogP contribution in [0.15, 0.2) is 26.8 Å². The number of aryl methyl sites for hydroxylation is 3. The highest BCUT2D eigenvalue weighted by Gasteiger charge is 2.16. The van der Waals surface area contributed by atoms with Gasteiger partial charge in [-0.1, -0.05) is 16.4 Å². The smallest absolute Gasteiger partial charge is 0.320 e. The van der Waals surface area contributed by atoms with Gasteiger partial charge in [0.2, 0.25) is 0 Å². The molecule has 1 aliphatic rings. The Morgan fingerprint density at radius 2 is 2.45 bits per heavy atom. The molecule has 0 aliphatic heterocycles. The molecule has 0 radical (unpaired) electrons. The second kappa shape index (κ2) is 6.15. The van der Waals surface area contributed by atoms with Crippen molar-refractivity contribution >= 4 is 23.5 Å². The Balaban J connectivity index is 1.74. The molecule has 0 N–H and O–H groups in total. The minimum absolute atomic E-state index is 0.102. The van der Waals surface area contributed by atoms with Gasteiger partial charge in [0.15, 0.2) is 12.3 Å². The van der Waals surface area contributed by atoms with Crippen LogP contribution in [0.2, 0.25) is 0 Å². The Bertz CT molecular complexity index is 778. The Hall–Kier alpha value is -2.40. The van der Waals surface area contributed by atoms with E-state index in [9.17, 15) is 10.4 Å². The maximum Gasteiger partial charge on any atom is 0.320 e. The first-order valence-corrected chi connectivity index (χ1v) is 7.77. The lowest BCUT2D eigenvalue weighted by molar-refractivity contribution is -0.739. The van der Waals surface area contributed by atoms with Crippen molar-refractivity contribution in [2.24, 2.45) is 12.0 Å². The van der Waals surface area contributed by atoms with Gasteiger partial charge in [-0.2, -0.15) is 5.26 Å². The van der Waals surface area contributed by atoms with Crippen molar-refractivity contribution in [3.8, 4) is 6.07 Å². The summed E-state index contributed by atoms with van der Waals surface area (Å²) in [6.45, 7) is 0. The Kier molecular flexibility index (Phi) is 4.06. The van der Waals surface area contributed by atoms with Crippen molar-refractivity contribution < 1.29 is 14.3 Å². The zero-order chi connectivity index (χ0) is 15.5. The lowest BCUT2D eigenvalue weighted by atomic mass is 10.2. The molecule has 7 nitrogen and oxygen atoms in total. The van der Waals surface area contributed by atoms with Crippen molar-refractivity contribution in [1.82, 2.24) is 10.3 Å². The molecule has 0 saturated heterocycles. The van der Waals surface area contributed by atoms with E-state index in [-0.39, 0.29) is 17.5 Å². The van der Waals surface area contributed by atoms with Crippen molar-refractivity contribution in [3.63, 3.8) is 0 Å². The third-order valence-corrected chi connectivity index (χ3v) is 4.24. The summed E-state index contributed by atoms with van der Waals surface area (Å²) in [5.74, 6) is -0.0892. The standard InChI is InChI=1S/C14H13N5O2S/c1-19-7-13(21-18-19)17-12(20)8-22-14-10(6-15)5-9-3-2-4-11(9)16-14/h5,7H,2-4,8H2,1H3. The Labute approximate surface area is 131 Å². The summed E-state index contributed by atoms with van der Waals surface area (Å²) in [6, 6.07) is 4.03. The van der Waals surface area contributed by atoms with E-state index in [1.165, 1.54) is 22.6 Å². The third-order valence-electron chi connectivity index (χ3n) is 3.26. The van der Waals surface area contributed by atoms with Gasteiger partial charge in [0.05, 0.1) is 5.56 Å². The molecule has 0 amide bonds. The van der Waals surface area contributed by atoms with Gasteiger partial charge in [0, 0.05) is 11.4 Å². The summed E-state index contributed by atoms with van der Waals surface area (Å²) in [5.41, 5.74) is 2.70. The molecule has 22 heavy (non-hydrogen) atoms. The maximum atomic E-state index is 11.8. The number of nitriles is 1. The van der Waals surface area contributed by atoms with Crippen LogP contribution in [0.5, 0.6) is 0 Å². The topological polar surface area (TPSA) is 102 Å². The quantitative estimate of drug-likeness (QED) is 0.351. The Morgan fingerprint density at radius 3 is 3.18 bits per heavy atom. The molecule has 0 spiro atoms. The zero-order valence-corrected chi connectivity index (χ0v) is 12.8. The summed E-state index contributed by atoms with van der Waals surface area (Å²) < 4.78 is 6.27. The van der Waals surface area contributed by atoms with Gasteiger partial charge in [-0.25, -0.2) is 9.98 Å². The number of aromatic nitrogens is 3. The number of thioether (sulfide) groups is 1. The van der Waals surface area contributed by atoms with E-state index in [1.54, 1.807) is 7.05 Å². The normalized spacial score (nSPS) is 13.9. The second-order valence-corrected chi connectivity index (χ2v) is 5.88. The van der Waals surface area contributed by atoms with Gasteiger partial charge in [0.25, 0.3) is 6.20 Å². The van der Waals surface area contributed by atoms with Crippen LogP contribution in [-0.4, -0.2) is 21.9 Å². The SMILES string of the molecule is C[n+]1cc(/N=C(\[O-])CSc2nc3c(cc2C#N)CCC3)on1. The number of aliphatic imine (C=N–C) groups is 1. The maximum absolute atomic E-state index is 11.8. The average Bonchev–Trinajstić information content (AvgIpc) is 3.12. The number of rotatable bonds is 4. The minimum Gasteiger partial charge on any atom is -0.861 e. The number of pyridine rings is 1. The number of hydrogen-bond acceptors (Lipinski definition) is 7. The van der Waals surface area contributed by atoms with Crippen LogP contribution in [0.25, 0.3) is 0 Å². The van der Waals surface area contributed by atoms with E-state index >= 15 is 0 Å². The zero-order valence-electron chi connectivity index (χ0n) is 11.9. The molecule has 112 valence electrons. The van der Waals surface area contributed by atoms with E-state index in [0.29, 0.717) is 10.6 Å². The predicted molar refractivity (Wildman–Crippen MR) is 76.5 cm³/mol. The lowest BCUT2D eigenvalue weighted by Crippen LogP contribution is -2.27. The molecule has 2 aromatic rings. The predicted octanol–water partition coefficient (Wildman–Crippen LogP) is 0.437. The fourth-order valence-corrected chi connectivity index (χ4v) is 3.05. The summed E-state index contributed by atoms with van der Waals surface area (Å²) in [4.78, 5) is 8.32. The molecule has 0 saturated carbocycles. The first-order valence-electron chi connectivity index (χ1n) is 6.78. The van der Waals surface area contributed by atoms with Crippen molar-refractivity contribution in [1.29, 1.82) is 5.26 Å². The molecule has 2 heterocycles. The van der Waals surface area contributed by atoms with Crippen LogP contribution in [0, 0.1) is 11.3 Å². The molecule has 8 heteroatoms. The second-order valence-electron chi connectivity index (χ2n) is 4.92. The van der Waals surface area contributed by atoms with Crippen LogP contribution >= 0.6 is 11.8 Å². The summed E-state index contributed by atoms with van der Waals surface area (Å²) >= 11 is 1.23. The number of fused-ring (bicyclic) bond motifs is 1. The molecule has 0 fully saturated rings. The van der Waals surface area contributed by atoms with Crippen LogP contribution in [-0.2, 0) is 19.9 Å². The molecule has 0 aromatic carbocycles. The van der Waals surface area contributed by atoms with Gasteiger partial charge in [0.1, 0.15) is 11.1 Å². The van der Waals surface area contributed by atoms with Crippen molar-refractivity contribution in [2.75, 3.05) is 5.75 Å². The van der Waals surface area contributed by atoms with Crippen LogP contribution in [0.3, 0.4) is 0 Å².